The summed E-state index contributed by atoms with van der Waals surface area (Å²) in [5.41, 5.74) is 0. The lowest BCUT2D eigenvalue weighted by Gasteiger charge is -2.39. The highest BCUT2D eigenvalue weighted by Gasteiger charge is 2.29. The highest BCUT2D eigenvalue weighted by Crippen LogP contribution is 2.30. The van der Waals surface area contributed by atoms with Crippen LogP contribution in [0.3, 0.4) is 0 Å². The number of nitrogens with one attached hydrogen (secondary N) is 1. The summed E-state index contributed by atoms with van der Waals surface area (Å²) in [6.45, 7) is 11.9. The zero-order valence-corrected chi connectivity index (χ0v) is 12.5. The van der Waals surface area contributed by atoms with E-state index in [9.17, 15) is 0 Å². The first-order chi connectivity index (χ1) is 8.08. The summed E-state index contributed by atoms with van der Waals surface area (Å²) in [7, 11) is 2.13. The second-order valence-corrected chi connectivity index (χ2v) is 6.16. The van der Waals surface area contributed by atoms with E-state index in [1.54, 1.807) is 0 Å². The molecule has 0 saturated heterocycles. The Bertz CT molecular complexity index is 203. The summed E-state index contributed by atoms with van der Waals surface area (Å²) >= 11 is 0. The fourth-order valence-electron chi connectivity index (χ4n) is 3.23. The normalized spacial score (nSPS) is 30.2. The first kappa shape index (κ1) is 15.0. The standard InChI is InChI=1S/C15H32N2/c1-6-9-17(12(2)3)11-14-10-13(4)7-8-15(14)16-5/h12-16H,6-11H2,1-5H3. The molecule has 0 spiro atoms. The van der Waals surface area contributed by atoms with Crippen LogP contribution in [0.4, 0.5) is 0 Å². The summed E-state index contributed by atoms with van der Waals surface area (Å²) in [6.07, 6.45) is 5.43. The van der Waals surface area contributed by atoms with E-state index in [4.69, 9.17) is 0 Å². The van der Waals surface area contributed by atoms with Gasteiger partial charge in [0.05, 0.1) is 0 Å². The van der Waals surface area contributed by atoms with Crippen molar-refractivity contribution in [2.45, 2.75) is 65.5 Å². The number of nitrogens with zero attached hydrogens (tertiary/aromatic N) is 1. The molecular formula is C15H32N2. The zero-order chi connectivity index (χ0) is 12.8. The van der Waals surface area contributed by atoms with Crippen molar-refractivity contribution in [3.63, 3.8) is 0 Å². The van der Waals surface area contributed by atoms with E-state index < -0.39 is 0 Å². The lowest BCUT2D eigenvalue weighted by molar-refractivity contribution is 0.127. The largest absolute Gasteiger partial charge is 0.317 e. The maximum absolute atomic E-state index is 3.53. The lowest BCUT2D eigenvalue weighted by Crippen LogP contribution is -2.46. The van der Waals surface area contributed by atoms with Crippen LogP contribution in [-0.2, 0) is 0 Å². The van der Waals surface area contributed by atoms with Crippen LogP contribution in [0.2, 0.25) is 0 Å². The Morgan fingerprint density at radius 2 is 2.00 bits per heavy atom. The van der Waals surface area contributed by atoms with E-state index in [1.165, 1.54) is 38.8 Å². The van der Waals surface area contributed by atoms with Gasteiger partial charge in [-0.25, -0.2) is 0 Å². The average Bonchev–Trinajstić information content (AvgIpc) is 2.28. The molecule has 0 aliphatic heterocycles. The van der Waals surface area contributed by atoms with Crippen LogP contribution in [0, 0.1) is 11.8 Å². The smallest absolute Gasteiger partial charge is 0.0105 e. The molecule has 1 aliphatic rings. The van der Waals surface area contributed by atoms with Gasteiger partial charge in [-0.2, -0.15) is 0 Å². The maximum Gasteiger partial charge on any atom is 0.0105 e. The van der Waals surface area contributed by atoms with Crippen LogP contribution in [0.1, 0.15) is 53.4 Å². The number of hydrogen-bond donors (Lipinski definition) is 1. The molecule has 0 amide bonds. The fraction of sp³-hybridized carbons (Fsp3) is 1.00. The molecule has 0 heterocycles. The van der Waals surface area contributed by atoms with Crippen LogP contribution in [-0.4, -0.2) is 37.1 Å². The Hall–Kier alpha value is -0.0800. The topological polar surface area (TPSA) is 15.3 Å². The van der Waals surface area contributed by atoms with Crippen molar-refractivity contribution in [1.82, 2.24) is 10.2 Å². The molecular weight excluding hydrogens is 208 g/mol. The highest BCUT2D eigenvalue weighted by atomic mass is 15.1. The van der Waals surface area contributed by atoms with Crippen LogP contribution in [0.25, 0.3) is 0 Å². The zero-order valence-electron chi connectivity index (χ0n) is 12.5. The predicted molar refractivity (Wildman–Crippen MR) is 76.4 cm³/mol. The summed E-state index contributed by atoms with van der Waals surface area (Å²) in [5.74, 6) is 1.76. The van der Waals surface area contributed by atoms with Crippen LogP contribution in [0.5, 0.6) is 0 Å². The van der Waals surface area contributed by atoms with Crippen molar-refractivity contribution in [3.05, 3.63) is 0 Å². The Balaban J connectivity index is 2.54. The monoisotopic (exact) mass is 240 g/mol. The molecule has 3 unspecified atom stereocenters. The molecule has 2 heteroatoms. The van der Waals surface area contributed by atoms with E-state index >= 15 is 0 Å². The molecule has 1 aliphatic carbocycles. The molecule has 1 fully saturated rings. The van der Waals surface area contributed by atoms with Crippen LogP contribution in [0.15, 0.2) is 0 Å². The minimum Gasteiger partial charge on any atom is -0.317 e. The van der Waals surface area contributed by atoms with Crippen LogP contribution < -0.4 is 5.32 Å². The van der Waals surface area contributed by atoms with E-state index in [0.717, 1.165) is 17.9 Å². The van der Waals surface area contributed by atoms with E-state index in [0.29, 0.717) is 6.04 Å². The molecule has 0 bridgehead atoms. The maximum atomic E-state index is 3.53. The van der Waals surface area contributed by atoms with Crippen molar-refractivity contribution in [2.75, 3.05) is 20.1 Å². The van der Waals surface area contributed by atoms with Gasteiger partial charge >= 0.3 is 0 Å². The third-order valence-electron chi connectivity index (χ3n) is 4.33. The van der Waals surface area contributed by atoms with Gasteiger partial charge in [-0.3, -0.25) is 0 Å². The van der Waals surface area contributed by atoms with Crippen molar-refractivity contribution >= 4 is 0 Å². The third kappa shape index (κ3) is 4.59. The predicted octanol–water partition coefficient (Wildman–Crippen LogP) is 3.13. The van der Waals surface area contributed by atoms with E-state index in [-0.39, 0.29) is 0 Å². The van der Waals surface area contributed by atoms with E-state index in [2.05, 4.69) is 45.0 Å². The SMILES string of the molecule is CCCN(CC1CC(C)CCC1NC)C(C)C. The molecule has 0 aromatic heterocycles. The number of hydrogen-bond acceptors (Lipinski definition) is 2. The third-order valence-corrected chi connectivity index (χ3v) is 4.33. The average molecular weight is 240 g/mol. The molecule has 0 aromatic carbocycles. The molecule has 1 rings (SSSR count). The molecule has 3 atom stereocenters. The van der Waals surface area contributed by atoms with Gasteiger partial charge in [-0.1, -0.05) is 13.8 Å². The molecule has 0 radical (unpaired) electrons. The summed E-state index contributed by atoms with van der Waals surface area (Å²) in [5, 5.41) is 3.53. The highest BCUT2D eigenvalue weighted by molar-refractivity contribution is 4.85. The molecule has 1 N–H and O–H groups in total. The van der Waals surface area contributed by atoms with Crippen molar-refractivity contribution < 1.29 is 0 Å². The first-order valence-electron chi connectivity index (χ1n) is 7.49. The van der Waals surface area contributed by atoms with Crippen molar-refractivity contribution in [2.24, 2.45) is 11.8 Å². The van der Waals surface area contributed by atoms with Gasteiger partial charge in [-0.15, -0.1) is 0 Å². The molecule has 2 nitrogen and oxygen atoms in total. The second kappa shape index (κ2) is 7.38. The van der Waals surface area contributed by atoms with Gasteiger partial charge in [0.1, 0.15) is 0 Å². The van der Waals surface area contributed by atoms with Gasteiger partial charge in [0.15, 0.2) is 0 Å². The minimum absolute atomic E-state index is 0.685. The molecule has 17 heavy (non-hydrogen) atoms. The van der Waals surface area contributed by atoms with Crippen molar-refractivity contribution in [1.29, 1.82) is 0 Å². The summed E-state index contributed by atoms with van der Waals surface area (Å²) in [4.78, 5) is 2.66. The molecule has 102 valence electrons. The van der Waals surface area contributed by atoms with Gasteiger partial charge < -0.3 is 10.2 Å². The van der Waals surface area contributed by atoms with Gasteiger partial charge in [0.2, 0.25) is 0 Å². The quantitative estimate of drug-likeness (QED) is 0.767. The Labute approximate surface area is 108 Å². The Kier molecular flexibility index (Phi) is 6.50. The Morgan fingerprint density at radius 1 is 1.29 bits per heavy atom. The van der Waals surface area contributed by atoms with Gasteiger partial charge in [0, 0.05) is 18.6 Å². The van der Waals surface area contributed by atoms with Gasteiger partial charge in [0.25, 0.3) is 0 Å². The number of rotatable bonds is 6. The second-order valence-electron chi connectivity index (χ2n) is 6.16. The molecule has 1 saturated carbocycles. The van der Waals surface area contributed by atoms with Crippen LogP contribution >= 0.6 is 0 Å². The first-order valence-corrected chi connectivity index (χ1v) is 7.49. The van der Waals surface area contributed by atoms with E-state index in [1.807, 2.05) is 0 Å². The van der Waals surface area contributed by atoms with Gasteiger partial charge in [-0.05, 0) is 65.0 Å². The fourth-order valence-corrected chi connectivity index (χ4v) is 3.23. The van der Waals surface area contributed by atoms with Crippen molar-refractivity contribution in [3.8, 4) is 0 Å². The minimum atomic E-state index is 0.685. The molecule has 0 aromatic rings. The summed E-state index contributed by atoms with van der Waals surface area (Å²) in [6, 6.07) is 1.42. The summed E-state index contributed by atoms with van der Waals surface area (Å²) < 4.78 is 0. The Morgan fingerprint density at radius 3 is 2.53 bits per heavy atom. The lowest BCUT2D eigenvalue weighted by atomic mass is 9.78.